The number of anilines is 2. The fourth-order valence-electron chi connectivity index (χ4n) is 1.78. The predicted octanol–water partition coefficient (Wildman–Crippen LogP) is 3.60. The molecule has 2 rings (SSSR count). The molecule has 104 valence electrons. The van der Waals surface area contributed by atoms with Crippen LogP contribution in [0.1, 0.15) is 15.9 Å². The van der Waals surface area contributed by atoms with Crippen LogP contribution in [-0.2, 0) is 0 Å². The molecule has 0 bridgehead atoms. The molecule has 5 heteroatoms. The lowest BCUT2D eigenvalue weighted by Crippen LogP contribution is -2.12. The SMILES string of the molecule is COc1cc(C(=O)Nc2ccc(Br)c(C)c2)ccc1N. The molecular weight excluding hydrogens is 320 g/mol. The number of nitrogens with one attached hydrogen (secondary N) is 1. The molecule has 2 aromatic carbocycles. The third-order valence-corrected chi connectivity index (χ3v) is 3.80. The summed E-state index contributed by atoms with van der Waals surface area (Å²) in [5.41, 5.74) is 8.52. The molecule has 0 saturated carbocycles. The first-order valence-electron chi connectivity index (χ1n) is 6.02. The minimum Gasteiger partial charge on any atom is -0.495 e. The zero-order chi connectivity index (χ0) is 14.7. The summed E-state index contributed by atoms with van der Waals surface area (Å²) in [5, 5.41) is 2.84. The van der Waals surface area contributed by atoms with E-state index in [-0.39, 0.29) is 5.91 Å². The van der Waals surface area contributed by atoms with Crippen molar-refractivity contribution >= 4 is 33.2 Å². The number of nitrogen functional groups attached to an aromatic ring is 1. The Morgan fingerprint density at radius 3 is 2.65 bits per heavy atom. The maximum Gasteiger partial charge on any atom is 0.255 e. The van der Waals surface area contributed by atoms with Crippen molar-refractivity contribution in [3.8, 4) is 5.75 Å². The quantitative estimate of drug-likeness (QED) is 0.843. The Morgan fingerprint density at radius 2 is 2.00 bits per heavy atom. The molecule has 0 radical (unpaired) electrons. The van der Waals surface area contributed by atoms with Crippen molar-refractivity contribution in [2.24, 2.45) is 0 Å². The van der Waals surface area contributed by atoms with Crippen LogP contribution in [0.5, 0.6) is 5.75 Å². The van der Waals surface area contributed by atoms with Gasteiger partial charge in [0.25, 0.3) is 5.91 Å². The summed E-state index contributed by atoms with van der Waals surface area (Å²) in [6.45, 7) is 1.96. The number of hydrogen-bond acceptors (Lipinski definition) is 3. The normalized spacial score (nSPS) is 10.2. The fraction of sp³-hybridized carbons (Fsp3) is 0.133. The van der Waals surface area contributed by atoms with Gasteiger partial charge in [0.15, 0.2) is 0 Å². The van der Waals surface area contributed by atoms with E-state index in [9.17, 15) is 4.79 Å². The second kappa shape index (κ2) is 5.96. The fourth-order valence-corrected chi connectivity index (χ4v) is 2.02. The van der Waals surface area contributed by atoms with Gasteiger partial charge < -0.3 is 15.8 Å². The van der Waals surface area contributed by atoms with Gasteiger partial charge in [-0.3, -0.25) is 4.79 Å². The van der Waals surface area contributed by atoms with E-state index in [0.29, 0.717) is 17.0 Å². The highest BCUT2D eigenvalue weighted by Crippen LogP contribution is 2.24. The molecule has 0 saturated heterocycles. The van der Waals surface area contributed by atoms with Gasteiger partial charge in [0, 0.05) is 15.7 Å². The molecule has 20 heavy (non-hydrogen) atoms. The molecule has 0 aliphatic heterocycles. The predicted molar refractivity (Wildman–Crippen MR) is 84.2 cm³/mol. The Bertz CT molecular complexity index is 656. The van der Waals surface area contributed by atoms with Gasteiger partial charge in [-0.05, 0) is 48.9 Å². The van der Waals surface area contributed by atoms with Crippen LogP contribution < -0.4 is 15.8 Å². The average Bonchev–Trinajstić information content (AvgIpc) is 2.43. The Morgan fingerprint density at radius 1 is 1.25 bits per heavy atom. The third-order valence-electron chi connectivity index (χ3n) is 2.91. The van der Waals surface area contributed by atoms with E-state index >= 15 is 0 Å². The number of carbonyl (C=O) groups is 1. The van der Waals surface area contributed by atoms with Gasteiger partial charge in [-0.15, -0.1) is 0 Å². The van der Waals surface area contributed by atoms with E-state index in [1.165, 1.54) is 7.11 Å². The van der Waals surface area contributed by atoms with Crippen LogP contribution in [0.25, 0.3) is 0 Å². The number of methoxy groups -OCH3 is 1. The summed E-state index contributed by atoms with van der Waals surface area (Å²) in [7, 11) is 1.52. The van der Waals surface area contributed by atoms with E-state index in [4.69, 9.17) is 10.5 Å². The van der Waals surface area contributed by atoms with Gasteiger partial charge in [0.05, 0.1) is 12.8 Å². The Hall–Kier alpha value is -2.01. The number of hydrogen-bond donors (Lipinski definition) is 2. The minimum atomic E-state index is -0.204. The molecule has 3 N–H and O–H groups in total. The van der Waals surface area contributed by atoms with Crippen LogP contribution in [-0.4, -0.2) is 13.0 Å². The van der Waals surface area contributed by atoms with E-state index in [1.807, 2.05) is 25.1 Å². The van der Waals surface area contributed by atoms with Gasteiger partial charge in [0.1, 0.15) is 5.75 Å². The molecule has 0 aliphatic carbocycles. The van der Waals surface area contributed by atoms with Crippen LogP contribution >= 0.6 is 15.9 Å². The molecular formula is C15H15BrN2O2. The van der Waals surface area contributed by atoms with Crippen LogP contribution in [0.3, 0.4) is 0 Å². The Labute approximate surface area is 126 Å². The van der Waals surface area contributed by atoms with Crippen molar-refractivity contribution in [3.05, 3.63) is 52.0 Å². The Balaban J connectivity index is 2.21. The molecule has 0 aliphatic rings. The van der Waals surface area contributed by atoms with Crippen molar-refractivity contribution in [1.82, 2.24) is 0 Å². The molecule has 0 fully saturated rings. The highest BCUT2D eigenvalue weighted by Gasteiger charge is 2.09. The first kappa shape index (κ1) is 14.4. The van der Waals surface area contributed by atoms with Crippen LogP contribution in [0.4, 0.5) is 11.4 Å². The standard InChI is InChI=1S/C15H15BrN2O2/c1-9-7-11(4-5-12(9)16)18-15(19)10-3-6-13(17)14(8-10)20-2/h3-8H,17H2,1-2H3,(H,18,19). The first-order valence-corrected chi connectivity index (χ1v) is 6.81. The zero-order valence-electron chi connectivity index (χ0n) is 11.2. The lowest BCUT2D eigenvalue weighted by atomic mass is 10.1. The molecule has 1 amide bonds. The van der Waals surface area contributed by atoms with Crippen molar-refractivity contribution in [2.75, 3.05) is 18.2 Å². The van der Waals surface area contributed by atoms with Gasteiger partial charge in [0.2, 0.25) is 0 Å². The third kappa shape index (κ3) is 3.11. The molecule has 2 aromatic rings. The maximum absolute atomic E-state index is 12.2. The number of benzene rings is 2. The number of nitrogens with two attached hydrogens (primary N) is 1. The number of ether oxygens (including phenoxy) is 1. The second-order valence-corrected chi connectivity index (χ2v) is 5.23. The number of halogens is 1. The molecule has 0 atom stereocenters. The van der Waals surface area contributed by atoms with E-state index in [0.717, 1.165) is 15.7 Å². The van der Waals surface area contributed by atoms with Gasteiger partial charge >= 0.3 is 0 Å². The Kier molecular flexibility index (Phi) is 4.29. The first-order chi connectivity index (χ1) is 9.51. The molecule has 0 unspecified atom stereocenters. The number of amides is 1. The van der Waals surface area contributed by atoms with E-state index < -0.39 is 0 Å². The topological polar surface area (TPSA) is 64.3 Å². The number of rotatable bonds is 3. The molecule has 4 nitrogen and oxygen atoms in total. The lowest BCUT2D eigenvalue weighted by molar-refractivity contribution is 0.102. The highest BCUT2D eigenvalue weighted by molar-refractivity contribution is 9.10. The monoisotopic (exact) mass is 334 g/mol. The van der Waals surface area contributed by atoms with Crippen molar-refractivity contribution in [1.29, 1.82) is 0 Å². The van der Waals surface area contributed by atoms with Crippen LogP contribution in [0.2, 0.25) is 0 Å². The summed E-state index contributed by atoms with van der Waals surface area (Å²) in [6, 6.07) is 10.6. The van der Waals surface area contributed by atoms with Gasteiger partial charge in [-0.25, -0.2) is 0 Å². The lowest BCUT2D eigenvalue weighted by Gasteiger charge is -2.09. The van der Waals surface area contributed by atoms with Crippen LogP contribution in [0, 0.1) is 6.92 Å². The van der Waals surface area contributed by atoms with Gasteiger partial charge in [-0.1, -0.05) is 15.9 Å². The summed E-state index contributed by atoms with van der Waals surface area (Å²) >= 11 is 3.42. The largest absolute Gasteiger partial charge is 0.495 e. The average molecular weight is 335 g/mol. The van der Waals surface area contributed by atoms with Gasteiger partial charge in [-0.2, -0.15) is 0 Å². The minimum absolute atomic E-state index is 0.204. The van der Waals surface area contributed by atoms with E-state index in [1.54, 1.807) is 18.2 Å². The summed E-state index contributed by atoms with van der Waals surface area (Å²) in [5.74, 6) is 0.287. The molecule has 0 heterocycles. The van der Waals surface area contributed by atoms with E-state index in [2.05, 4.69) is 21.2 Å². The number of carbonyl (C=O) groups excluding carboxylic acids is 1. The number of aryl methyl sites for hydroxylation is 1. The second-order valence-electron chi connectivity index (χ2n) is 4.37. The maximum atomic E-state index is 12.2. The van der Waals surface area contributed by atoms with Crippen molar-refractivity contribution in [2.45, 2.75) is 6.92 Å². The van der Waals surface area contributed by atoms with Crippen molar-refractivity contribution < 1.29 is 9.53 Å². The summed E-state index contributed by atoms with van der Waals surface area (Å²) in [6.07, 6.45) is 0. The van der Waals surface area contributed by atoms with Crippen LogP contribution in [0.15, 0.2) is 40.9 Å². The smallest absolute Gasteiger partial charge is 0.255 e. The highest BCUT2D eigenvalue weighted by atomic mass is 79.9. The molecule has 0 aromatic heterocycles. The summed E-state index contributed by atoms with van der Waals surface area (Å²) in [4.78, 5) is 12.2. The zero-order valence-corrected chi connectivity index (χ0v) is 12.8. The summed E-state index contributed by atoms with van der Waals surface area (Å²) < 4.78 is 6.11. The van der Waals surface area contributed by atoms with Crippen molar-refractivity contribution in [3.63, 3.8) is 0 Å². The molecule has 0 spiro atoms.